The second-order valence-corrected chi connectivity index (χ2v) is 5.67. The Labute approximate surface area is 131 Å². The molecule has 1 aliphatic heterocycles. The van der Waals surface area contributed by atoms with Gasteiger partial charge >= 0.3 is 0 Å². The van der Waals surface area contributed by atoms with Gasteiger partial charge in [-0.05, 0) is 24.7 Å². The first-order valence-electron chi connectivity index (χ1n) is 7.55. The van der Waals surface area contributed by atoms with Crippen molar-refractivity contribution in [3.8, 4) is 0 Å². The van der Waals surface area contributed by atoms with E-state index < -0.39 is 0 Å². The van der Waals surface area contributed by atoms with E-state index in [1.54, 1.807) is 19.2 Å². The molecule has 2 rings (SSSR count). The fourth-order valence-electron chi connectivity index (χ4n) is 2.52. The number of guanidine groups is 1. The number of rotatable bonds is 4. The molecular formula is C16H25FN4O. The van der Waals surface area contributed by atoms with Crippen molar-refractivity contribution in [2.24, 2.45) is 4.99 Å². The zero-order valence-corrected chi connectivity index (χ0v) is 13.6. The van der Waals surface area contributed by atoms with Crippen LogP contribution in [0.25, 0.3) is 0 Å². The van der Waals surface area contributed by atoms with E-state index in [-0.39, 0.29) is 11.9 Å². The van der Waals surface area contributed by atoms with Crippen LogP contribution in [0.2, 0.25) is 0 Å². The second kappa shape index (κ2) is 8.10. The largest absolute Gasteiger partial charge is 0.374 e. The number of nitrogens with one attached hydrogen (secondary N) is 1. The summed E-state index contributed by atoms with van der Waals surface area (Å²) in [5.74, 6) is 0.591. The lowest BCUT2D eigenvalue weighted by molar-refractivity contribution is -0.0163. The zero-order chi connectivity index (χ0) is 15.9. The molecule has 5 nitrogen and oxygen atoms in total. The Hall–Kier alpha value is -1.66. The van der Waals surface area contributed by atoms with Gasteiger partial charge in [-0.15, -0.1) is 0 Å². The van der Waals surface area contributed by atoms with Gasteiger partial charge in [0.1, 0.15) is 5.82 Å². The van der Waals surface area contributed by atoms with Crippen LogP contribution in [0.1, 0.15) is 5.56 Å². The van der Waals surface area contributed by atoms with Crippen LogP contribution in [0, 0.1) is 5.82 Å². The lowest BCUT2D eigenvalue weighted by Crippen LogP contribution is -2.48. The zero-order valence-electron chi connectivity index (χ0n) is 13.6. The third-order valence-electron chi connectivity index (χ3n) is 3.74. The summed E-state index contributed by atoms with van der Waals surface area (Å²) in [5.41, 5.74) is 1.04. The molecule has 1 fully saturated rings. The summed E-state index contributed by atoms with van der Waals surface area (Å²) in [6.07, 6.45) is 0.176. The predicted octanol–water partition coefficient (Wildman–Crippen LogP) is 1.16. The number of likely N-dealkylation sites (N-methyl/N-ethyl adjacent to an activating group) is 1. The molecule has 1 aromatic carbocycles. The van der Waals surface area contributed by atoms with Crippen molar-refractivity contribution in [1.29, 1.82) is 0 Å². The molecule has 6 heteroatoms. The topological polar surface area (TPSA) is 40.1 Å². The van der Waals surface area contributed by atoms with Gasteiger partial charge in [0.15, 0.2) is 5.96 Å². The van der Waals surface area contributed by atoms with E-state index in [2.05, 4.69) is 22.3 Å². The molecule has 0 saturated carbocycles. The number of benzene rings is 1. The number of morpholine rings is 1. The third kappa shape index (κ3) is 4.96. The van der Waals surface area contributed by atoms with E-state index >= 15 is 0 Å². The van der Waals surface area contributed by atoms with Crippen molar-refractivity contribution >= 4 is 5.96 Å². The number of ether oxygens (including phenoxy) is 1. The van der Waals surface area contributed by atoms with E-state index in [1.807, 2.05) is 11.9 Å². The molecule has 0 spiro atoms. The summed E-state index contributed by atoms with van der Waals surface area (Å²) < 4.78 is 18.7. The van der Waals surface area contributed by atoms with Gasteiger partial charge < -0.3 is 19.9 Å². The highest BCUT2D eigenvalue weighted by Crippen LogP contribution is 2.06. The SMILES string of the molecule is CN=C(NCC1CN(C)CCO1)N(C)Cc1ccc(F)cc1. The molecule has 1 unspecified atom stereocenters. The van der Waals surface area contributed by atoms with Crippen molar-refractivity contribution in [1.82, 2.24) is 15.1 Å². The fourth-order valence-corrected chi connectivity index (χ4v) is 2.52. The van der Waals surface area contributed by atoms with Crippen molar-refractivity contribution in [3.63, 3.8) is 0 Å². The lowest BCUT2D eigenvalue weighted by atomic mass is 10.2. The molecule has 1 heterocycles. The van der Waals surface area contributed by atoms with Crippen LogP contribution in [0.4, 0.5) is 4.39 Å². The number of nitrogens with zero attached hydrogens (tertiary/aromatic N) is 3. The molecule has 122 valence electrons. The minimum atomic E-state index is -0.215. The van der Waals surface area contributed by atoms with Crippen LogP contribution in [0.5, 0.6) is 0 Å². The van der Waals surface area contributed by atoms with Crippen molar-refractivity contribution in [3.05, 3.63) is 35.6 Å². The molecule has 1 aromatic rings. The maximum Gasteiger partial charge on any atom is 0.193 e. The highest BCUT2D eigenvalue weighted by Gasteiger charge is 2.18. The average Bonchev–Trinajstić information content (AvgIpc) is 2.50. The molecule has 1 aliphatic rings. The van der Waals surface area contributed by atoms with Crippen LogP contribution in [0.3, 0.4) is 0 Å². The van der Waals surface area contributed by atoms with Crippen LogP contribution in [-0.4, -0.2) is 69.2 Å². The van der Waals surface area contributed by atoms with Gasteiger partial charge in [0.2, 0.25) is 0 Å². The Morgan fingerprint density at radius 1 is 1.45 bits per heavy atom. The van der Waals surface area contributed by atoms with Gasteiger partial charge in [0.05, 0.1) is 12.7 Å². The van der Waals surface area contributed by atoms with Crippen LogP contribution < -0.4 is 5.32 Å². The molecule has 0 amide bonds. The molecule has 0 aromatic heterocycles. The van der Waals surface area contributed by atoms with Gasteiger partial charge in [-0.25, -0.2) is 4.39 Å². The molecular weight excluding hydrogens is 283 g/mol. The molecule has 0 radical (unpaired) electrons. The van der Waals surface area contributed by atoms with Crippen molar-refractivity contribution in [2.75, 3.05) is 47.4 Å². The Kier molecular flexibility index (Phi) is 6.15. The molecule has 0 aliphatic carbocycles. The summed E-state index contributed by atoms with van der Waals surface area (Å²) in [7, 11) is 5.83. The first-order valence-corrected chi connectivity index (χ1v) is 7.55. The number of aliphatic imine (C=N–C) groups is 1. The monoisotopic (exact) mass is 308 g/mol. The molecule has 1 N–H and O–H groups in total. The number of hydrogen-bond donors (Lipinski definition) is 1. The molecule has 1 atom stereocenters. The minimum absolute atomic E-state index is 0.176. The van der Waals surface area contributed by atoms with Crippen LogP contribution in [-0.2, 0) is 11.3 Å². The minimum Gasteiger partial charge on any atom is -0.374 e. The predicted molar refractivity (Wildman–Crippen MR) is 86.5 cm³/mol. The highest BCUT2D eigenvalue weighted by atomic mass is 19.1. The van der Waals surface area contributed by atoms with E-state index in [9.17, 15) is 4.39 Å². The summed E-state index contributed by atoms with van der Waals surface area (Å²) in [4.78, 5) is 8.57. The van der Waals surface area contributed by atoms with E-state index in [0.29, 0.717) is 6.54 Å². The van der Waals surface area contributed by atoms with Gasteiger partial charge in [-0.1, -0.05) is 12.1 Å². The number of hydrogen-bond acceptors (Lipinski definition) is 3. The lowest BCUT2D eigenvalue weighted by Gasteiger charge is -2.31. The summed E-state index contributed by atoms with van der Waals surface area (Å²) >= 11 is 0. The first-order chi connectivity index (χ1) is 10.6. The average molecular weight is 308 g/mol. The molecule has 22 heavy (non-hydrogen) atoms. The molecule has 0 bridgehead atoms. The Balaban J connectivity index is 1.83. The maximum atomic E-state index is 12.9. The van der Waals surface area contributed by atoms with E-state index in [4.69, 9.17) is 4.74 Å². The maximum absolute atomic E-state index is 12.9. The van der Waals surface area contributed by atoms with Gasteiger partial charge in [0, 0.05) is 40.3 Å². The number of halogens is 1. The quantitative estimate of drug-likeness (QED) is 0.669. The highest BCUT2D eigenvalue weighted by molar-refractivity contribution is 5.79. The summed E-state index contributed by atoms with van der Waals surface area (Å²) in [6, 6.07) is 6.53. The summed E-state index contributed by atoms with van der Waals surface area (Å²) in [5, 5.41) is 3.34. The second-order valence-electron chi connectivity index (χ2n) is 5.67. The van der Waals surface area contributed by atoms with Gasteiger partial charge in [0.25, 0.3) is 0 Å². The normalized spacial score (nSPS) is 20.0. The van der Waals surface area contributed by atoms with Crippen LogP contribution >= 0.6 is 0 Å². The standard InChI is InChI=1S/C16H25FN4O/c1-18-16(19-10-15-12-20(2)8-9-22-15)21(3)11-13-4-6-14(17)7-5-13/h4-7,15H,8-12H2,1-3H3,(H,18,19). The fraction of sp³-hybridized carbons (Fsp3) is 0.562. The smallest absolute Gasteiger partial charge is 0.193 e. The summed E-state index contributed by atoms with van der Waals surface area (Å²) in [6.45, 7) is 4.07. The van der Waals surface area contributed by atoms with Crippen molar-refractivity contribution < 1.29 is 9.13 Å². The van der Waals surface area contributed by atoms with Gasteiger partial charge in [-0.2, -0.15) is 0 Å². The Morgan fingerprint density at radius 3 is 2.82 bits per heavy atom. The Bertz CT molecular complexity index is 491. The van der Waals surface area contributed by atoms with Crippen LogP contribution in [0.15, 0.2) is 29.3 Å². The van der Waals surface area contributed by atoms with Crippen molar-refractivity contribution in [2.45, 2.75) is 12.6 Å². The van der Waals surface area contributed by atoms with E-state index in [1.165, 1.54) is 12.1 Å². The Morgan fingerprint density at radius 2 is 2.18 bits per heavy atom. The first kappa shape index (κ1) is 16.7. The third-order valence-corrected chi connectivity index (χ3v) is 3.74. The molecule has 1 saturated heterocycles. The van der Waals surface area contributed by atoms with E-state index in [0.717, 1.165) is 37.8 Å². The van der Waals surface area contributed by atoms with Gasteiger partial charge in [-0.3, -0.25) is 4.99 Å².